The Bertz CT molecular complexity index is 2670. The molecule has 0 saturated carbocycles. The minimum absolute atomic E-state index is 0.0490. The van der Waals surface area contributed by atoms with Gasteiger partial charge in [-0.15, -0.1) is 11.8 Å². The summed E-state index contributed by atoms with van der Waals surface area (Å²) >= 11 is 7.85. The number of sulfonamides is 1. The third kappa shape index (κ3) is 16.0. The standard InChI is InChI=1S/C51H61ClN8O8S2/c1-57(2)28-26-41(27-33-69-42-13-6-5-7-14-42)53-45-24-23-43(35-48(45)60(65)66)70(67,68)56-51(63)38-20-25-47(46(34-38)54-49(61)16-8-3-4-9-17-50(62)55-64)59-31-29-58(30-32-59)36-39-12-10-11-15-44(39)37-18-21-40(52)22-19-37/h5-7,10-15,18-25,34-35,41,53,64H,3-4,8-9,16-17,26-33,36H2,1-2H3,(H,54,61)(H,55,62)(H,56,63). The third-order valence-corrected chi connectivity index (χ3v) is 14.6. The zero-order chi connectivity index (χ0) is 50.0. The predicted molar refractivity (Wildman–Crippen MR) is 277 cm³/mol. The molecule has 0 bridgehead atoms. The first-order valence-electron chi connectivity index (χ1n) is 23.3. The largest absolute Gasteiger partial charge is 0.377 e. The Labute approximate surface area is 419 Å². The van der Waals surface area contributed by atoms with Crippen molar-refractivity contribution >= 4 is 73.9 Å². The van der Waals surface area contributed by atoms with E-state index >= 15 is 0 Å². The first-order chi connectivity index (χ1) is 33.7. The van der Waals surface area contributed by atoms with Crippen LogP contribution in [-0.4, -0.2) is 105 Å². The molecular weight excluding hydrogens is 952 g/mol. The van der Waals surface area contributed by atoms with Gasteiger partial charge in [0.1, 0.15) is 5.69 Å². The van der Waals surface area contributed by atoms with Gasteiger partial charge in [-0.25, -0.2) is 18.6 Å². The van der Waals surface area contributed by atoms with Crippen molar-refractivity contribution in [3.63, 3.8) is 0 Å². The average molecular weight is 1010 g/mol. The maximum Gasteiger partial charge on any atom is 0.293 e. The molecule has 5 aromatic rings. The Balaban J connectivity index is 1.16. The van der Waals surface area contributed by atoms with Crippen LogP contribution in [0.15, 0.2) is 125 Å². The molecule has 0 spiro atoms. The molecule has 3 amide bonds. The number of benzene rings is 5. The lowest BCUT2D eigenvalue weighted by molar-refractivity contribution is -0.384. The van der Waals surface area contributed by atoms with Gasteiger partial charge in [0.15, 0.2) is 0 Å². The number of hydroxylamine groups is 1. The second-order valence-electron chi connectivity index (χ2n) is 17.4. The molecule has 0 radical (unpaired) electrons. The molecular formula is C51H61ClN8O8S2. The average Bonchev–Trinajstić information content (AvgIpc) is 3.35. The highest BCUT2D eigenvalue weighted by Crippen LogP contribution is 2.33. The normalized spacial score (nSPS) is 13.4. The number of carbonyl (C=O) groups is 3. The Morgan fingerprint density at radius 1 is 0.814 bits per heavy atom. The third-order valence-electron chi connectivity index (χ3n) is 12.0. The number of nitro benzene ring substituents is 1. The van der Waals surface area contributed by atoms with Crippen molar-refractivity contribution in [3.8, 4) is 11.1 Å². The van der Waals surface area contributed by atoms with E-state index in [0.29, 0.717) is 87.6 Å². The Morgan fingerprint density at radius 2 is 1.50 bits per heavy atom. The fourth-order valence-corrected chi connectivity index (χ4v) is 10.3. The predicted octanol–water partition coefficient (Wildman–Crippen LogP) is 9.06. The number of thioether (sulfide) groups is 1. The van der Waals surface area contributed by atoms with Gasteiger partial charge in [0.2, 0.25) is 11.8 Å². The summed E-state index contributed by atoms with van der Waals surface area (Å²) < 4.78 is 29.6. The first kappa shape index (κ1) is 53.3. The number of hydrogen-bond donors (Lipinski definition) is 5. The second-order valence-corrected chi connectivity index (χ2v) is 20.7. The van der Waals surface area contributed by atoms with E-state index in [1.165, 1.54) is 29.8 Å². The van der Waals surface area contributed by atoms with E-state index in [9.17, 15) is 32.9 Å². The molecule has 19 heteroatoms. The molecule has 70 heavy (non-hydrogen) atoms. The van der Waals surface area contributed by atoms with Crippen LogP contribution in [0.4, 0.5) is 22.7 Å². The van der Waals surface area contributed by atoms with Crippen molar-refractivity contribution in [2.24, 2.45) is 0 Å². The summed E-state index contributed by atoms with van der Waals surface area (Å²) in [6.07, 6.45) is 4.13. The summed E-state index contributed by atoms with van der Waals surface area (Å²) in [6, 6.07) is 34.0. The van der Waals surface area contributed by atoms with Gasteiger partial charge < -0.3 is 20.4 Å². The molecule has 372 valence electrons. The van der Waals surface area contributed by atoms with Crippen molar-refractivity contribution in [2.45, 2.75) is 73.7 Å². The number of nitro groups is 1. The van der Waals surface area contributed by atoms with Crippen LogP contribution in [0.3, 0.4) is 0 Å². The van der Waals surface area contributed by atoms with Gasteiger partial charge in [0.05, 0.1) is 21.2 Å². The smallest absolute Gasteiger partial charge is 0.293 e. The molecule has 6 rings (SSSR count). The summed E-state index contributed by atoms with van der Waals surface area (Å²) in [5.41, 5.74) is 5.63. The number of carbonyl (C=O) groups excluding carboxylic acids is 3. The lowest BCUT2D eigenvalue weighted by Gasteiger charge is -2.37. The van der Waals surface area contributed by atoms with Gasteiger partial charge in [-0.05, 0) is 123 Å². The van der Waals surface area contributed by atoms with Gasteiger partial charge in [0, 0.05) is 73.2 Å². The number of nitrogens with one attached hydrogen (secondary N) is 4. The number of halogens is 1. The van der Waals surface area contributed by atoms with E-state index in [2.05, 4.69) is 37.3 Å². The molecule has 0 aliphatic carbocycles. The van der Waals surface area contributed by atoms with Crippen molar-refractivity contribution in [1.82, 2.24) is 20.0 Å². The number of hydrogen-bond acceptors (Lipinski definition) is 13. The molecule has 5 aromatic carbocycles. The highest BCUT2D eigenvalue weighted by Gasteiger charge is 2.27. The highest BCUT2D eigenvalue weighted by molar-refractivity contribution is 7.99. The Kier molecular flexibility index (Phi) is 20.0. The van der Waals surface area contributed by atoms with E-state index in [1.54, 1.807) is 23.3 Å². The van der Waals surface area contributed by atoms with E-state index in [1.807, 2.05) is 85.7 Å². The monoisotopic (exact) mass is 1010 g/mol. The summed E-state index contributed by atoms with van der Waals surface area (Å²) in [7, 11) is -0.719. The van der Waals surface area contributed by atoms with Crippen molar-refractivity contribution in [2.75, 3.05) is 68.1 Å². The van der Waals surface area contributed by atoms with Crippen LogP contribution < -0.4 is 25.7 Å². The molecule has 1 aliphatic heterocycles. The molecule has 1 heterocycles. The number of anilines is 3. The van der Waals surface area contributed by atoms with Crippen LogP contribution in [0.25, 0.3) is 11.1 Å². The maximum atomic E-state index is 13.8. The van der Waals surface area contributed by atoms with E-state index < -0.39 is 37.3 Å². The summed E-state index contributed by atoms with van der Waals surface area (Å²) in [5, 5.41) is 28.1. The molecule has 0 aromatic heterocycles. The molecule has 1 unspecified atom stereocenters. The van der Waals surface area contributed by atoms with Gasteiger partial charge in [-0.3, -0.25) is 34.6 Å². The van der Waals surface area contributed by atoms with Crippen molar-refractivity contribution in [3.05, 3.63) is 142 Å². The van der Waals surface area contributed by atoms with Crippen LogP contribution in [0, 0.1) is 10.1 Å². The topological polar surface area (TPSA) is 207 Å². The van der Waals surface area contributed by atoms with Gasteiger partial charge >= 0.3 is 0 Å². The van der Waals surface area contributed by atoms with E-state index in [-0.39, 0.29) is 36.0 Å². The number of rotatable bonds is 25. The van der Waals surface area contributed by atoms with Gasteiger partial charge in [-0.2, -0.15) is 0 Å². The minimum Gasteiger partial charge on any atom is -0.377 e. The van der Waals surface area contributed by atoms with Gasteiger partial charge in [-0.1, -0.05) is 79.0 Å². The van der Waals surface area contributed by atoms with Gasteiger partial charge in [0.25, 0.3) is 21.6 Å². The Morgan fingerprint density at radius 3 is 2.19 bits per heavy atom. The van der Waals surface area contributed by atoms with E-state index in [0.717, 1.165) is 34.4 Å². The summed E-state index contributed by atoms with van der Waals surface area (Å²) in [4.78, 5) is 57.5. The summed E-state index contributed by atoms with van der Waals surface area (Å²) in [5.74, 6) is -1.01. The zero-order valence-corrected chi connectivity index (χ0v) is 41.8. The molecule has 1 saturated heterocycles. The van der Waals surface area contributed by atoms with Crippen LogP contribution in [0.2, 0.25) is 5.02 Å². The number of piperazine rings is 1. The number of nitrogens with zero attached hydrogens (tertiary/aromatic N) is 4. The molecule has 1 atom stereocenters. The fraction of sp³-hybridized carbons (Fsp3) is 0.353. The highest BCUT2D eigenvalue weighted by atomic mass is 35.5. The fourth-order valence-electron chi connectivity index (χ4n) is 8.15. The minimum atomic E-state index is -4.61. The lowest BCUT2D eigenvalue weighted by Crippen LogP contribution is -2.46. The van der Waals surface area contributed by atoms with Crippen molar-refractivity contribution in [1.29, 1.82) is 0 Å². The van der Waals surface area contributed by atoms with E-state index in [4.69, 9.17) is 16.8 Å². The molecule has 1 fully saturated rings. The van der Waals surface area contributed by atoms with Crippen LogP contribution in [-0.2, 0) is 26.2 Å². The maximum absolute atomic E-state index is 13.8. The SMILES string of the molecule is CN(C)CCC(CCSc1ccccc1)Nc1ccc(S(=O)(=O)NC(=O)c2ccc(N3CCN(Cc4ccccc4-c4ccc(Cl)cc4)CC3)c(NC(=O)CCCCCCC(=O)NO)c2)cc1[N+](=O)[O-]. The van der Waals surface area contributed by atoms with Crippen molar-refractivity contribution < 1.29 is 32.9 Å². The zero-order valence-electron chi connectivity index (χ0n) is 39.4. The second kappa shape index (κ2) is 26.3. The quantitative estimate of drug-likeness (QED) is 0.0122. The first-order valence-corrected chi connectivity index (χ1v) is 26.2. The molecule has 16 nitrogen and oxygen atoms in total. The lowest BCUT2D eigenvalue weighted by atomic mass is 9.99. The number of amides is 3. The van der Waals surface area contributed by atoms with Crippen LogP contribution >= 0.6 is 23.4 Å². The molecule has 5 N–H and O–H groups in total. The van der Waals surface area contributed by atoms with Crippen LogP contribution in [0.5, 0.6) is 0 Å². The summed E-state index contributed by atoms with van der Waals surface area (Å²) in [6.45, 7) is 4.02. The Hall–Kier alpha value is -6.02. The molecule has 1 aliphatic rings. The number of unbranched alkanes of at least 4 members (excludes halogenated alkanes) is 3. The van der Waals surface area contributed by atoms with Crippen LogP contribution in [0.1, 0.15) is 67.3 Å².